The van der Waals surface area contributed by atoms with Crippen LogP contribution in [-0.4, -0.2) is 49.3 Å². The number of carbonyl (C=O) groups excluding carboxylic acids is 2. The van der Waals surface area contributed by atoms with Gasteiger partial charge in [-0.15, -0.1) is 0 Å². The van der Waals surface area contributed by atoms with Crippen LogP contribution in [0.5, 0.6) is 0 Å². The van der Waals surface area contributed by atoms with Gasteiger partial charge in [-0.2, -0.15) is 0 Å². The number of phosphoric acid groups is 1. The number of carbonyl (C=O) groups is 2. The highest BCUT2D eigenvalue weighted by molar-refractivity contribution is 7.47. The van der Waals surface area contributed by atoms with Crippen LogP contribution in [-0.2, 0) is 32.7 Å². The van der Waals surface area contributed by atoms with Gasteiger partial charge in [-0.1, -0.05) is 173 Å². The van der Waals surface area contributed by atoms with Gasteiger partial charge in [0.25, 0.3) is 0 Å². The minimum atomic E-state index is -4.38. The van der Waals surface area contributed by atoms with Gasteiger partial charge in [0.05, 0.1) is 13.2 Å². The lowest BCUT2D eigenvalue weighted by Crippen LogP contribution is -2.29. The summed E-state index contributed by atoms with van der Waals surface area (Å²) in [6.45, 7) is 3.73. The zero-order valence-corrected chi connectivity index (χ0v) is 37.3. The predicted molar refractivity (Wildman–Crippen MR) is 234 cm³/mol. The number of ether oxygens (including phenoxy) is 2. The molecule has 0 aromatic rings. The molecule has 0 saturated carbocycles. The highest BCUT2D eigenvalue weighted by atomic mass is 31.2. The third-order valence-electron chi connectivity index (χ3n) is 10.1. The molecule has 0 aliphatic carbocycles. The molecule has 0 spiro atoms. The third-order valence-corrected chi connectivity index (χ3v) is 11.0. The van der Waals surface area contributed by atoms with E-state index >= 15 is 0 Å². The van der Waals surface area contributed by atoms with E-state index in [1.807, 2.05) is 0 Å². The molecule has 0 radical (unpaired) electrons. The average Bonchev–Trinajstić information content (AvgIpc) is 3.18. The summed E-state index contributed by atoms with van der Waals surface area (Å²) in [4.78, 5) is 34.9. The Morgan fingerprint density at radius 2 is 0.875 bits per heavy atom. The van der Waals surface area contributed by atoms with Gasteiger partial charge in [-0.25, -0.2) is 4.57 Å². The second-order valence-corrected chi connectivity index (χ2v) is 17.1. The number of rotatable bonds is 44. The molecule has 0 heterocycles. The molecule has 0 aliphatic heterocycles. The Morgan fingerprint density at radius 1 is 0.518 bits per heavy atom. The fraction of sp³-hybridized carbons (Fsp3) is 0.870. The van der Waals surface area contributed by atoms with E-state index in [2.05, 4.69) is 38.2 Å². The van der Waals surface area contributed by atoms with E-state index in [0.717, 1.165) is 57.8 Å². The van der Waals surface area contributed by atoms with Crippen molar-refractivity contribution >= 4 is 19.8 Å². The third kappa shape index (κ3) is 42.1. The number of unbranched alkanes of at least 4 members (excludes halogenated alkanes) is 27. The van der Waals surface area contributed by atoms with E-state index in [-0.39, 0.29) is 38.6 Å². The molecule has 0 saturated heterocycles. The summed E-state index contributed by atoms with van der Waals surface area (Å²) in [6.07, 6.45) is 46.4. The van der Waals surface area contributed by atoms with Gasteiger partial charge in [0.15, 0.2) is 6.10 Å². The van der Waals surface area contributed by atoms with Gasteiger partial charge < -0.3 is 20.1 Å². The smallest absolute Gasteiger partial charge is 0.462 e. The molecule has 0 amide bonds. The van der Waals surface area contributed by atoms with Crippen molar-refractivity contribution in [1.29, 1.82) is 0 Å². The summed E-state index contributed by atoms with van der Waals surface area (Å²) in [7, 11) is -4.38. The molecular formula is C46H88NO8P. The molecule has 3 N–H and O–H groups in total. The Balaban J connectivity index is 4.08. The van der Waals surface area contributed by atoms with Crippen molar-refractivity contribution in [2.24, 2.45) is 5.73 Å². The SMILES string of the molecule is CCCCCCC/C=C\CCCCCCCC(=O)OCC(COP(=O)(O)OCCN)OC(=O)CCCCCCCCCCC/C=C\CCCCCCCCCC. The molecule has 0 aliphatic rings. The molecule has 0 rings (SSSR count). The van der Waals surface area contributed by atoms with E-state index in [1.54, 1.807) is 0 Å². The van der Waals surface area contributed by atoms with Crippen LogP contribution in [0, 0.1) is 0 Å². The molecule has 330 valence electrons. The monoisotopic (exact) mass is 814 g/mol. The number of phosphoric ester groups is 1. The van der Waals surface area contributed by atoms with Crippen molar-refractivity contribution in [3.05, 3.63) is 24.3 Å². The Bertz CT molecular complexity index is 975. The van der Waals surface area contributed by atoms with Crippen LogP contribution in [0.2, 0.25) is 0 Å². The van der Waals surface area contributed by atoms with Crippen molar-refractivity contribution in [2.75, 3.05) is 26.4 Å². The maximum absolute atomic E-state index is 12.6. The lowest BCUT2D eigenvalue weighted by molar-refractivity contribution is -0.161. The van der Waals surface area contributed by atoms with E-state index in [0.29, 0.717) is 6.42 Å². The summed E-state index contributed by atoms with van der Waals surface area (Å²) in [5.41, 5.74) is 5.35. The van der Waals surface area contributed by atoms with Crippen molar-refractivity contribution in [1.82, 2.24) is 0 Å². The van der Waals surface area contributed by atoms with Gasteiger partial charge in [0.1, 0.15) is 6.61 Å². The number of hydrogen-bond donors (Lipinski definition) is 2. The van der Waals surface area contributed by atoms with Crippen molar-refractivity contribution in [2.45, 2.75) is 232 Å². The molecule has 2 unspecified atom stereocenters. The van der Waals surface area contributed by atoms with Gasteiger partial charge in [0, 0.05) is 19.4 Å². The second kappa shape index (κ2) is 43.1. The fourth-order valence-corrected chi connectivity index (χ4v) is 7.33. The normalized spacial score (nSPS) is 13.4. The van der Waals surface area contributed by atoms with E-state index in [4.69, 9.17) is 24.3 Å². The summed E-state index contributed by atoms with van der Waals surface area (Å²) < 4.78 is 32.8. The predicted octanol–water partition coefficient (Wildman–Crippen LogP) is 13.6. The number of esters is 2. The first-order chi connectivity index (χ1) is 27.3. The Labute approximate surface area is 344 Å². The molecular weight excluding hydrogens is 725 g/mol. The zero-order chi connectivity index (χ0) is 41.1. The molecule has 0 aromatic heterocycles. The Morgan fingerprint density at radius 3 is 1.27 bits per heavy atom. The number of nitrogens with two attached hydrogens (primary N) is 1. The van der Waals surface area contributed by atoms with Crippen molar-refractivity contribution in [3.63, 3.8) is 0 Å². The van der Waals surface area contributed by atoms with Crippen molar-refractivity contribution in [3.8, 4) is 0 Å². The molecule has 0 aromatic carbocycles. The van der Waals surface area contributed by atoms with Crippen LogP contribution >= 0.6 is 7.82 Å². The molecule has 10 heteroatoms. The topological polar surface area (TPSA) is 134 Å². The summed E-state index contributed by atoms with van der Waals surface area (Å²) >= 11 is 0. The van der Waals surface area contributed by atoms with Crippen LogP contribution in [0.25, 0.3) is 0 Å². The number of hydrogen-bond acceptors (Lipinski definition) is 8. The largest absolute Gasteiger partial charge is 0.472 e. The van der Waals surface area contributed by atoms with Crippen LogP contribution in [0.1, 0.15) is 226 Å². The Kier molecular flexibility index (Phi) is 41.9. The average molecular weight is 814 g/mol. The van der Waals surface area contributed by atoms with Crippen LogP contribution in [0.4, 0.5) is 0 Å². The van der Waals surface area contributed by atoms with Gasteiger partial charge >= 0.3 is 19.8 Å². The van der Waals surface area contributed by atoms with Crippen LogP contribution < -0.4 is 5.73 Å². The fourth-order valence-electron chi connectivity index (χ4n) is 6.57. The minimum absolute atomic E-state index is 0.0531. The first-order valence-corrected chi connectivity index (χ1v) is 24.8. The van der Waals surface area contributed by atoms with Crippen LogP contribution in [0.3, 0.4) is 0 Å². The molecule has 0 fully saturated rings. The lowest BCUT2D eigenvalue weighted by atomic mass is 10.1. The Hall–Kier alpha value is -1.51. The maximum Gasteiger partial charge on any atom is 0.472 e. The molecule has 0 bridgehead atoms. The number of allylic oxidation sites excluding steroid dienone is 4. The zero-order valence-electron chi connectivity index (χ0n) is 36.4. The van der Waals surface area contributed by atoms with E-state index in [9.17, 15) is 19.0 Å². The second-order valence-electron chi connectivity index (χ2n) is 15.6. The summed E-state index contributed by atoms with van der Waals surface area (Å²) in [5.74, 6) is -0.834. The highest BCUT2D eigenvalue weighted by Gasteiger charge is 2.26. The van der Waals surface area contributed by atoms with Gasteiger partial charge in [-0.3, -0.25) is 18.6 Å². The van der Waals surface area contributed by atoms with E-state index < -0.39 is 26.5 Å². The van der Waals surface area contributed by atoms with Gasteiger partial charge in [-0.05, 0) is 64.2 Å². The highest BCUT2D eigenvalue weighted by Crippen LogP contribution is 2.43. The maximum atomic E-state index is 12.6. The minimum Gasteiger partial charge on any atom is -0.462 e. The first kappa shape index (κ1) is 54.5. The standard InChI is InChI=1S/C46H88NO8P/c1-3-5-7-9-11-13-15-17-19-20-21-22-23-24-25-27-29-31-33-35-37-39-46(49)55-44(43-54-56(50,51)53-41-40-47)42-52-45(48)38-36-34-32-30-28-26-18-16-14-12-10-8-6-4-2/h16,18,20-21,44H,3-15,17,19,22-43,47H2,1-2H3,(H,50,51)/b18-16-,21-20-. The first-order valence-electron chi connectivity index (χ1n) is 23.3. The van der Waals surface area contributed by atoms with E-state index in [1.165, 1.54) is 135 Å². The molecule has 2 atom stereocenters. The summed E-state index contributed by atoms with van der Waals surface area (Å²) in [6, 6.07) is 0. The van der Waals surface area contributed by atoms with Gasteiger partial charge in [0.2, 0.25) is 0 Å². The molecule has 56 heavy (non-hydrogen) atoms. The van der Waals surface area contributed by atoms with Crippen molar-refractivity contribution < 1.29 is 37.6 Å². The lowest BCUT2D eigenvalue weighted by Gasteiger charge is -2.19. The quantitative estimate of drug-likeness (QED) is 0.0267. The van der Waals surface area contributed by atoms with Crippen LogP contribution in [0.15, 0.2) is 24.3 Å². The molecule has 9 nitrogen and oxygen atoms in total. The summed E-state index contributed by atoms with van der Waals surface area (Å²) in [5, 5.41) is 0.